The van der Waals surface area contributed by atoms with E-state index in [-0.39, 0.29) is 0 Å². The number of alkyl carbamates (subject to hydrolysis) is 1. The smallest absolute Gasteiger partial charge is 0.408 e. The van der Waals surface area contributed by atoms with Crippen LogP contribution >= 0.6 is 11.8 Å². The summed E-state index contributed by atoms with van der Waals surface area (Å²) in [5, 5.41) is 11.7. The van der Waals surface area contributed by atoms with Crippen molar-refractivity contribution < 1.29 is 19.4 Å². The zero-order valence-electron chi connectivity index (χ0n) is 10.8. The van der Waals surface area contributed by atoms with Gasteiger partial charge < -0.3 is 20.0 Å². The van der Waals surface area contributed by atoms with Crippen molar-refractivity contribution in [2.75, 3.05) is 18.6 Å². The van der Waals surface area contributed by atoms with E-state index in [1.807, 2.05) is 6.26 Å². The van der Waals surface area contributed by atoms with E-state index in [2.05, 4.69) is 5.32 Å². The molecule has 100 valence electrons. The quantitative estimate of drug-likeness (QED) is 0.704. The van der Waals surface area contributed by atoms with Crippen LogP contribution in [0.3, 0.4) is 0 Å². The number of hydrogen-bond donors (Lipinski definition) is 2. The van der Waals surface area contributed by atoms with E-state index < -0.39 is 23.8 Å². The highest BCUT2D eigenvalue weighted by Crippen LogP contribution is 2.13. The summed E-state index contributed by atoms with van der Waals surface area (Å²) in [6, 6.07) is 0. The molecule has 0 spiro atoms. The highest BCUT2D eigenvalue weighted by molar-refractivity contribution is 7.98. The van der Waals surface area contributed by atoms with Crippen LogP contribution in [-0.4, -0.2) is 47.2 Å². The number of rotatable bonds is 6. The molecule has 0 radical (unpaired) electrons. The van der Waals surface area contributed by atoms with E-state index in [0.717, 1.165) is 0 Å². The summed E-state index contributed by atoms with van der Waals surface area (Å²) in [5.41, 5.74) is -1.88. The minimum absolute atomic E-state index is 0.368. The second kappa shape index (κ2) is 6.86. The zero-order valence-corrected chi connectivity index (χ0v) is 11.6. The molecule has 0 bridgehead atoms. The lowest BCUT2D eigenvalue weighted by molar-refractivity contribution is -0.115. The predicted molar refractivity (Wildman–Crippen MR) is 68.2 cm³/mol. The van der Waals surface area contributed by atoms with E-state index in [0.29, 0.717) is 18.5 Å². The first-order valence-corrected chi connectivity index (χ1v) is 6.75. The molecule has 0 aliphatic carbocycles. The van der Waals surface area contributed by atoms with Gasteiger partial charge in [0.1, 0.15) is 17.4 Å². The topological polar surface area (TPSA) is 75.6 Å². The lowest BCUT2D eigenvalue weighted by Crippen LogP contribution is -2.54. The minimum Gasteiger partial charge on any atom is -0.444 e. The number of hydrogen-bond acceptors (Lipinski definition) is 5. The lowest BCUT2D eigenvalue weighted by atomic mass is 10.00. The Balaban J connectivity index is 4.53. The first-order chi connectivity index (χ1) is 7.78. The Morgan fingerprint density at radius 3 is 2.41 bits per heavy atom. The molecule has 0 aliphatic heterocycles. The predicted octanol–water partition coefficient (Wildman–Crippen LogP) is 1.19. The van der Waals surface area contributed by atoms with Gasteiger partial charge in [0.2, 0.25) is 0 Å². The second-order valence-corrected chi connectivity index (χ2v) is 5.79. The molecule has 1 atom stereocenters. The normalized spacial score (nSPS) is 14.9. The average molecular weight is 263 g/mol. The molecule has 0 saturated carbocycles. The van der Waals surface area contributed by atoms with Gasteiger partial charge in [-0.05, 0) is 39.2 Å². The fraction of sp³-hybridized carbons (Fsp3) is 0.818. The molecule has 2 N–H and O–H groups in total. The van der Waals surface area contributed by atoms with Crippen molar-refractivity contribution in [3.8, 4) is 0 Å². The number of amides is 1. The average Bonchev–Trinajstić information content (AvgIpc) is 2.21. The Bertz CT molecular complexity index is 265. The van der Waals surface area contributed by atoms with E-state index in [9.17, 15) is 14.7 Å². The Morgan fingerprint density at radius 2 is 2.06 bits per heavy atom. The van der Waals surface area contributed by atoms with Crippen LogP contribution < -0.4 is 5.32 Å². The molecule has 0 rings (SSSR count). The maximum atomic E-state index is 11.5. The summed E-state index contributed by atoms with van der Waals surface area (Å²) in [5.74, 6) is 0.662. The van der Waals surface area contributed by atoms with E-state index in [1.165, 1.54) is 11.8 Å². The molecule has 17 heavy (non-hydrogen) atoms. The van der Waals surface area contributed by atoms with Crippen molar-refractivity contribution in [3.05, 3.63) is 0 Å². The molecule has 1 amide bonds. The summed E-state index contributed by atoms with van der Waals surface area (Å²) in [7, 11) is 0. The molecule has 0 aromatic heterocycles. The van der Waals surface area contributed by atoms with E-state index in [1.54, 1.807) is 20.8 Å². The van der Waals surface area contributed by atoms with Gasteiger partial charge in [-0.15, -0.1) is 0 Å². The van der Waals surface area contributed by atoms with Crippen LogP contribution in [0.25, 0.3) is 0 Å². The summed E-state index contributed by atoms with van der Waals surface area (Å²) < 4.78 is 5.05. The maximum Gasteiger partial charge on any atom is 0.408 e. The van der Waals surface area contributed by atoms with Crippen LogP contribution in [0.5, 0.6) is 0 Å². The fourth-order valence-electron chi connectivity index (χ4n) is 1.10. The number of nitrogens with one attached hydrogen (secondary N) is 1. The van der Waals surface area contributed by atoms with Crippen LogP contribution in [0.4, 0.5) is 4.79 Å². The zero-order chi connectivity index (χ0) is 13.5. The summed E-state index contributed by atoms with van der Waals surface area (Å²) in [4.78, 5) is 22.6. The van der Waals surface area contributed by atoms with Gasteiger partial charge in [0.25, 0.3) is 0 Å². The Morgan fingerprint density at radius 1 is 1.47 bits per heavy atom. The number of ether oxygens (including phenoxy) is 1. The number of aldehydes is 1. The monoisotopic (exact) mass is 263 g/mol. The number of carbonyl (C=O) groups excluding carboxylic acids is 2. The van der Waals surface area contributed by atoms with Crippen LogP contribution in [0.15, 0.2) is 0 Å². The van der Waals surface area contributed by atoms with E-state index >= 15 is 0 Å². The van der Waals surface area contributed by atoms with Crippen LogP contribution in [0, 0.1) is 0 Å². The fourth-order valence-corrected chi connectivity index (χ4v) is 1.67. The SMILES string of the molecule is CSCCC(C=O)(CO)NC(=O)OC(C)(C)C. The van der Waals surface area contributed by atoms with Crippen molar-refractivity contribution in [1.29, 1.82) is 0 Å². The molecule has 0 heterocycles. The van der Waals surface area contributed by atoms with Gasteiger partial charge in [-0.2, -0.15) is 11.8 Å². The molecule has 5 nitrogen and oxygen atoms in total. The van der Waals surface area contributed by atoms with Crippen molar-refractivity contribution in [2.45, 2.75) is 38.3 Å². The molecular formula is C11H21NO4S. The van der Waals surface area contributed by atoms with Crippen LogP contribution in [0.2, 0.25) is 0 Å². The van der Waals surface area contributed by atoms with Crippen LogP contribution in [0.1, 0.15) is 27.2 Å². The molecule has 0 aliphatic rings. The van der Waals surface area contributed by atoms with Gasteiger partial charge in [0.05, 0.1) is 6.61 Å². The van der Waals surface area contributed by atoms with Gasteiger partial charge in [-0.1, -0.05) is 0 Å². The van der Waals surface area contributed by atoms with Crippen molar-refractivity contribution in [3.63, 3.8) is 0 Å². The minimum atomic E-state index is -1.24. The molecule has 6 heteroatoms. The summed E-state index contributed by atoms with van der Waals surface area (Å²) in [6.45, 7) is 4.76. The highest BCUT2D eigenvalue weighted by Gasteiger charge is 2.32. The Hall–Kier alpha value is -0.750. The first kappa shape index (κ1) is 16.2. The summed E-state index contributed by atoms with van der Waals surface area (Å²) >= 11 is 1.54. The second-order valence-electron chi connectivity index (χ2n) is 4.80. The van der Waals surface area contributed by atoms with Crippen molar-refractivity contribution in [1.82, 2.24) is 5.32 Å². The van der Waals surface area contributed by atoms with E-state index in [4.69, 9.17) is 4.74 Å². The number of carbonyl (C=O) groups is 2. The molecule has 0 saturated heterocycles. The van der Waals surface area contributed by atoms with Crippen LogP contribution in [-0.2, 0) is 9.53 Å². The van der Waals surface area contributed by atoms with Gasteiger partial charge in [-0.3, -0.25) is 0 Å². The summed E-state index contributed by atoms with van der Waals surface area (Å²) in [6.07, 6.45) is 2.13. The van der Waals surface area contributed by atoms with Crippen molar-refractivity contribution >= 4 is 24.1 Å². The Labute approximate surface area is 106 Å². The standard InChI is InChI=1S/C11H21NO4S/c1-10(2,3)16-9(15)12-11(7-13,8-14)5-6-17-4/h7,14H,5-6,8H2,1-4H3,(H,12,15). The number of aliphatic hydroxyl groups excluding tert-OH is 1. The third-order valence-corrected chi connectivity index (χ3v) is 2.62. The maximum absolute atomic E-state index is 11.5. The number of aliphatic hydroxyl groups is 1. The molecule has 0 aromatic rings. The number of thioether (sulfide) groups is 1. The third kappa shape index (κ3) is 6.53. The molecule has 1 unspecified atom stereocenters. The van der Waals surface area contributed by atoms with Crippen molar-refractivity contribution in [2.24, 2.45) is 0 Å². The molecule has 0 aromatic carbocycles. The van der Waals surface area contributed by atoms with Gasteiger partial charge in [-0.25, -0.2) is 4.79 Å². The molecule has 0 fully saturated rings. The largest absolute Gasteiger partial charge is 0.444 e. The highest BCUT2D eigenvalue weighted by atomic mass is 32.2. The van der Waals surface area contributed by atoms with Gasteiger partial charge in [0, 0.05) is 0 Å². The van der Waals surface area contributed by atoms with Gasteiger partial charge >= 0.3 is 6.09 Å². The lowest BCUT2D eigenvalue weighted by Gasteiger charge is -2.28. The third-order valence-electron chi connectivity index (χ3n) is 2.01. The first-order valence-electron chi connectivity index (χ1n) is 5.36. The van der Waals surface area contributed by atoms with Gasteiger partial charge in [0.15, 0.2) is 0 Å². The molecular weight excluding hydrogens is 242 g/mol. The Kier molecular flexibility index (Phi) is 6.56.